The third-order valence-electron chi connectivity index (χ3n) is 2.76. The molecule has 0 fully saturated rings. The highest BCUT2D eigenvalue weighted by molar-refractivity contribution is 5.86. The van der Waals surface area contributed by atoms with Crippen molar-refractivity contribution in [3.8, 4) is 5.75 Å². The van der Waals surface area contributed by atoms with Crippen molar-refractivity contribution in [2.75, 3.05) is 0 Å². The summed E-state index contributed by atoms with van der Waals surface area (Å²) in [6.45, 7) is 5.67. The molecule has 2 rings (SSSR count). The third kappa shape index (κ3) is 2.47. The molecule has 1 aromatic carbocycles. The smallest absolute Gasteiger partial charge is 0.303 e. The van der Waals surface area contributed by atoms with Crippen LogP contribution in [-0.2, 0) is 16.1 Å². The summed E-state index contributed by atoms with van der Waals surface area (Å²) in [5.74, 6) is -0.0316. The van der Waals surface area contributed by atoms with Crippen LogP contribution in [0.2, 0.25) is 0 Å². The molecule has 2 aromatic rings. The molecular weight excluding hydrogens is 230 g/mol. The first-order chi connectivity index (χ1) is 8.39. The van der Waals surface area contributed by atoms with E-state index in [1.54, 1.807) is 12.1 Å². The number of hydrogen-bond donors (Lipinski definition) is 1. The second kappa shape index (κ2) is 4.37. The van der Waals surface area contributed by atoms with Crippen molar-refractivity contribution in [3.05, 3.63) is 30.5 Å². The van der Waals surface area contributed by atoms with Gasteiger partial charge >= 0.3 is 5.97 Å². The number of esters is 1. The van der Waals surface area contributed by atoms with Crippen LogP contribution in [0.25, 0.3) is 10.9 Å². The Kier molecular flexibility index (Phi) is 3.03. The first-order valence-corrected chi connectivity index (χ1v) is 5.85. The number of benzene rings is 1. The Balaban J connectivity index is 2.32. The van der Waals surface area contributed by atoms with E-state index in [0.717, 1.165) is 10.9 Å². The van der Waals surface area contributed by atoms with Crippen molar-refractivity contribution >= 4 is 16.9 Å². The fraction of sp³-hybridized carbons (Fsp3) is 0.357. The lowest BCUT2D eigenvalue weighted by molar-refractivity contribution is -0.154. The molecule has 1 N–H and O–H groups in total. The van der Waals surface area contributed by atoms with Gasteiger partial charge in [-0.05, 0) is 32.0 Å². The van der Waals surface area contributed by atoms with Crippen molar-refractivity contribution in [2.45, 2.75) is 32.9 Å². The largest absolute Gasteiger partial charge is 0.507 e. The third-order valence-corrected chi connectivity index (χ3v) is 2.76. The van der Waals surface area contributed by atoms with Crippen molar-refractivity contribution in [1.82, 2.24) is 4.57 Å². The van der Waals surface area contributed by atoms with Crippen LogP contribution >= 0.6 is 0 Å². The zero-order valence-electron chi connectivity index (χ0n) is 10.8. The predicted octanol–water partition coefficient (Wildman–Crippen LogP) is 2.69. The number of aromatic nitrogens is 1. The molecule has 4 heteroatoms. The van der Waals surface area contributed by atoms with Crippen LogP contribution in [0.15, 0.2) is 30.5 Å². The average molecular weight is 247 g/mol. The van der Waals surface area contributed by atoms with Gasteiger partial charge in [-0.2, -0.15) is 0 Å². The van der Waals surface area contributed by atoms with Gasteiger partial charge < -0.3 is 14.4 Å². The number of carbonyl (C=O) groups excluding carboxylic acids is 1. The van der Waals surface area contributed by atoms with E-state index < -0.39 is 5.60 Å². The van der Waals surface area contributed by atoms with Crippen molar-refractivity contribution in [1.29, 1.82) is 0 Å². The summed E-state index contributed by atoms with van der Waals surface area (Å²) in [4.78, 5) is 11.0. The highest BCUT2D eigenvalue weighted by Crippen LogP contribution is 2.26. The maximum atomic E-state index is 11.0. The number of hydrogen-bond acceptors (Lipinski definition) is 3. The van der Waals surface area contributed by atoms with Gasteiger partial charge in [0.2, 0.25) is 0 Å². The number of phenols is 1. The minimum absolute atomic E-state index is 0.261. The molecule has 4 nitrogen and oxygen atoms in total. The number of fused-ring (bicyclic) bond motifs is 1. The monoisotopic (exact) mass is 247 g/mol. The van der Waals surface area contributed by atoms with Crippen LogP contribution in [0.1, 0.15) is 20.8 Å². The Morgan fingerprint density at radius 1 is 1.39 bits per heavy atom. The molecule has 0 radical (unpaired) electrons. The van der Waals surface area contributed by atoms with Crippen molar-refractivity contribution < 1.29 is 14.6 Å². The first kappa shape index (κ1) is 12.5. The number of ether oxygens (including phenoxy) is 1. The van der Waals surface area contributed by atoms with Crippen molar-refractivity contribution in [2.24, 2.45) is 0 Å². The first-order valence-electron chi connectivity index (χ1n) is 5.85. The van der Waals surface area contributed by atoms with E-state index in [1.165, 1.54) is 6.92 Å². The van der Waals surface area contributed by atoms with Gasteiger partial charge in [-0.15, -0.1) is 0 Å². The number of aromatic hydroxyl groups is 1. The lowest BCUT2D eigenvalue weighted by atomic mass is 10.1. The molecule has 0 bridgehead atoms. The molecule has 0 spiro atoms. The molecular formula is C14H17NO3. The van der Waals surface area contributed by atoms with E-state index in [-0.39, 0.29) is 11.7 Å². The molecule has 1 heterocycles. The number of rotatable bonds is 3. The molecule has 1 aromatic heterocycles. The van der Waals surface area contributed by atoms with E-state index in [9.17, 15) is 9.90 Å². The standard InChI is InChI=1S/C14H17NO3/c1-10(16)18-14(2,3)9-15-8-7-11-12(15)5-4-6-13(11)17/h4-8,17H,9H2,1-3H3. The molecule has 0 aliphatic carbocycles. The lowest BCUT2D eigenvalue weighted by Crippen LogP contribution is -2.32. The summed E-state index contributed by atoms with van der Waals surface area (Å²) in [6.07, 6.45) is 1.88. The Morgan fingerprint density at radius 3 is 2.78 bits per heavy atom. The molecule has 18 heavy (non-hydrogen) atoms. The average Bonchev–Trinajstić information content (AvgIpc) is 2.60. The second-order valence-electron chi connectivity index (χ2n) is 5.01. The minimum Gasteiger partial charge on any atom is -0.507 e. The number of nitrogens with zero attached hydrogens (tertiary/aromatic N) is 1. The maximum Gasteiger partial charge on any atom is 0.303 e. The minimum atomic E-state index is -0.580. The van der Waals surface area contributed by atoms with E-state index in [0.29, 0.717) is 6.54 Å². The van der Waals surface area contributed by atoms with Gasteiger partial charge in [0, 0.05) is 18.5 Å². The summed E-state index contributed by atoms with van der Waals surface area (Å²) < 4.78 is 7.24. The normalized spacial score (nSPS) is 11.7. The van der Waals surface area contributed by atoms with Gasteiger partial charge in [0.05, 0.1) is 12.1 Å². The lowest BCUT2D eigenvalue weighted by Gasteiger charge is -2.25. The topological polar surface area (TPSA) is 51.5 Å². The van der Waals surface area contributed by atoms with Gasteiger partial charge in [0.1, 0.15) is 11.4 Å². The van der Waals surface area contributed by atoms with Crippen LogP contribution in [0.4, 0.5) is 0 Å². The highest BCUT2D eigenvalue weighted by atomic mass is 16.6. The molecule has 0 amide bonds. The summed E-state index contributed by atoms with van der Waals surface area (Å²) in [6, 6.07) is 7.24. The van der Waals surface area contributed by atoms with Crippen LogP contribution in [0.3, 0.4) is 0 Å². The van der Waals surface area contributed by atoms with Gasteiger partial charge in [0.15, 0.2) is 0 Å². The van der Waals surface area contributed by atoms with Crippen LogP contribution in [0, 0.1) is 0 Å². The molecule has 96 valence electrons. The van der Waals surface area contributed by atoms with Crippen LogP contribution in [-0.4, -0.2) is 21.2 Å². The van der Waals surface area contributed by atoms with Gasteiger partial charge in [-0.3, -0.25) is 4.79 Å². The summed E-state index contributed by atoms with van der Waals surface area (Å²) in [5, 5.41) is 10.5. The molecule has 0 aliphatic rings. The molecule has 0 unspecified atom stereocenters. The van der Waals surface area contributed by atoms with E-state index >= 15 is 0 Å². The van der Waals surface area contributed by atoms with Crippen LogP contribution < -0.4 is 0 Å². The second-order valence-corrected chi connectivity index (χ2v) is 5.01. The summed E-state index contributed by atoms with van der Waals surface area (Å²) >= 11 is 0. The molecule has 0 saturated carbocycles. The van der Waals surface area contributed by atoms with E-state index in [4.69, 9.17) is 4.74 Å². The maximum absolute atomic E-state index is 11.0. The quantitative estimate of drug-likeness (QED) is 0.848. The highest BCUT2D eigenvalue weighted by Gasteiger charge is 2.22. The number of carbonyl (C=O) groups is 1. The summed E-state index contributed by atoms with van der Waals surface area (Å²) in [7, 11) is 0. The van der Waals surface area contributed by atoms with Gasteiger partial charge in [-0.1, -0.05) is 6.07 Å². The van der Waals surface area contributed by atoms with Gasteiger partial charge in [0.25, 0.3) is 0 Å². The Bertz CT molecular complexity index is 584. The van der Waals surface area contributed by atoms with E-state index in [1.807, 2.05) is 36.7 Å². The Morgan fingerprint density at radius 2 is 2.11 bits per heavy atom. The van der Waals surface area contributed by atoms with Gasteiger partial charge in [-0.25, -0.2) is 0 Å². The molecule has 0 saturated heterocycles. The predicted molar refractivity (Wildman–Crippen MR) is 69.4 cm³/mol. The fourth-order valence-corrected chi connectivity index (χ4v) is 2.18. The zero-order chi connectivity index (χ0) is 13.3. The summed E-state index contributed by atoms with van der Waals surface area (Å²) in [5.41, 5.74) is 0.346. The Hall–Kier alpha value is -1.97. The fourth-order valence-electron chi connectivity index (χ4n) is 2.18. The van der Waals surface area contributed by atoms with E-state index in [2.05, 4.69) is 0 Å². The van der Waals surface area contributed by atoms with Crippen LogP contribution in [0.5, 0.6) is 5.75 Å². The SMILES string of the molecule is CC(=O)OC(C)(C)Cn1ccc2c(O)cccc21. The van der Waals surface area contributed by atoms with Crippen molar-refractivity contribution in [3.63, 3.8) is 0 Å². The molecule has 0 atom stereocenters. The molecule has 0 aliphatic heterocycles. The number of phenolic OH excluding ortho intramolecular Hbond substituents is 1. The Labute approximate surface area is 106 Å². The zero-order valence-corrected chi connectivity index (χ0v) is 10.8.